The second-order valence-corrected chi connectivity index (χ2v) is 3.35. The maximum atomic E-state index is 10.4. The van der Waals surface area contributed by atoms with Crippen molar-refractivity contribution in [3.63, 3.8) is 0 Å². The van der Waals surface area contributed by atoms with Crippen LogP contribution < -0.4 is 0 Å². The van der Waals surface area contributed by atoms with Crippen LogP contribution in [0.4, 0.5) is 5.69 Å². The summed E-state index contributed by atoms with van der Waals surface area (Å²) in [5.74, 6) is 0. The normalized spacial score (nSPS) is 10.2. The monoisotopic (exact) mass is 281 g/mol. The largest absolute Gasteiger partial charge is 0.320 e. The van der Waals surface area contributed by atoms with Gasteiger partial charge in [0.1, 0.15) is 6.20 Å². The summed E-state index contributed by atoms with van der Waals surface area (Å²) in [5.41, 5.74) is 0.0871. The molecule has 0 N–H and O–H groups in total. The van der Waals surface area contributed by atoms with Gasteiger partial charge in [0.2, 0.25) is 0 Å². The van der Waals surface area contributed by atoms with E-state index in [1.807, 2.05) is 29.5 Å². The molecule has 0 aliphatic rings. The first-order valence-electron chi connectivity index (χ1n) is 3.52. The molecule has 5 nitrogen and oxygen atoms in total. The molecule has 12 heavy (non-hydrogen) atoms. The average molecular weight is 281 g/mol. The SMILES string of the molecule is CCCn1cc([N+](=O)[O-])c(I)n1. The minimum Gasteiger partial charge on any atom is -0.265 e. The number of nitro groups is 1. The molecule has 0 saturated heterocycles. The summed E-state index contributed by atoms with van der Waals surface area (Å²) < 4.78 is 2.05. The molecule has 1 rings (SSSR count). The Morgan fingerprint density at radius 1 is 1.83 bits per heavy atom. The number of halogens is 1. The minimum absolute atomic E-state index is 0.0871. The summed E-state index contributed by atoms with van der Waals surface area (Å²) in [6.07, 6.45) is 2.39. The van der Waals surface area contributed by atoms with Crippen molar-refractivity contribution >= 4 is 28.3 Å². The van der Waals surface area contributed by atoms with Crippen LogP contribution in [-0.4, -0.2) is 14.7 Å². The van der Waals surface area contributed by atoms with Gasteiger partial charge in [0.15, 0.2) is 3.70 Å². The average Bonchev–Trinajstić information content (AvgIpc) is 2.32. The third kappa shape index (κ3) is 1.93. The van der Waals surface area contributed by atoms with Gasteiger partial charge < -0.3 is 0 Å². The molecule has 0 amide bonds. The van der Waals surface area contributed by atoms with E-state index in [1.165, 1.54) is 6.20 Å². The first-order chi connectivity index (χ1) is 5.65. The fourth-order valence-electron chi connectivity index (χ4n) is 0.853. The van der Waals surface area contributed by atoms with Crippen LogP contribution in [0.3, 0.4) is 0 Å². The van der Waals surface area contributed by atoms with Crippen molar-refractivity contribution in [2.45, 2.75) is 19.9 Å². The van der Waals surface area contributed by atoms with Crippen LogP contribution in [0.5, 0.6) is 0 Å². The van der Waals surface area contributed by atoms with Crippen molar-refractivity contribution < 1.29 is 4.92 Å². The van der Waals surface area contributed by atoms with E-state index in [1.54, 1.807) is 4.68 Å². The van der Waals surface area contributed by atoms with E-state index in [4.69, 9.17) is 0 Å². The highest BCUT2D eigenvalue weighted by molar-refractivity contribution is 14.1. The summed E-state index contributed by atoms with van der Waals surface area (Å²) in [6, 6.07) is 0. The van der Waals surface area contributed by atoms with E-state index < -0.39 is 4.92 Å². The Hall–Kier alpha value is -0.660. The smallest absolute Gasteiger partial charge is 0.265 e. The van der Waals surface area contributed by atoms with Crippen molar-refractivity contribution in [1.29, 1.82) is 0 Å². The Labute approximate surface area is 83.0 Å². The lowest BCUT2D eigenvalue weighted by molar-refractivity contribution is -0.385. The lowest BCUT2D eigenvalue weighted by Gasteiger charge is -1.92. The Kier molecular flexibility index (Phi) is 3.01. The lowest BCUT2D eigenvalue weighted by atomic mass is 10.5. The molecule has 0 atom stereocenters. The molecule has 1 aromatic rings. The quantitative estimate of drug-likeness (QED) is 0.482. The Morgan fingerprint density at radius 3 is 2.92 bits per heavy atom. The number of rotatable bonds is 3. The maximum Gasteiger partial charge on any atom is 0.320 e. The summed E-state index contributed by atoms with van der Waals surface area (Å²) in [5, 5.41) is 14.4. The Balaban J connectivity index is 2.92. The third-order valence-corrected chi connectivity index (χ3v) is 2.12. The Bertz CT molecular complexity index is 297. The molecule has 0 aliphatic carbocycles. The second-order valence-electron chi connectivity index (χ2n) is 2.33. The standard InChI is InChI=1S/C6H8IN3O2/c1-2-3-9-4-5(10(11)12)6(7)8-9/h4H,2-3H2,1H3. The predicted molar refractivity (Wildman–Crippen MR) is 51.9 cm³/mol. The zero-order chi connectivity index (χ0) is 9.14. The van der Waals surface area contributed by atoms with Crippen LogP contribution in [0.25, 0.3) is 0 Å². The number of hydrogen-bond donors (Lipinski definition) is 0. The van der Waals surface area contributed by atoms with Crippen molar-refractivity contribution in [2.75, 3.05) is 0 Å². The van der Waals surface area contributed by atoms with E-state index >= 15 is 0 Å². The highest BCUT2D eigenvalue weighted by Crippen LogP contribution is 2.18. The van der Waals surface area contributed by atoms with Gasteiger partial charge in [0.05, 0.1) is 4.92 Å². The summed E-state index contributed by atoms with van der Waals surface area (Å²) >= 11 is 1.86. The van der Waals surface area contributed by atoms with Crippen LogP contribution in [0, 0.1) is 13.8 Å². The fraction of sp³-hybridized carbons (Fsp3) is 0.500. The molecule has 1 heterocycles. The first kappa shape index (κ1) is 9.43. The van der Waals surface area contributed by atoms with Crippen molar-refractivity contribution in [1.82, 2.24) is 9.78 Å². The molecule has 6 heteroatoms. The van der Waals surface area contributed by atoms with Gasteiger partial charge in [-0.25, -0.2) is 0 Å². The van der Waals surface area contributed by atoms with Gasteiger partial charge in [-0.1, -0.05) is 6.92 Å². The molecular formula is C6H8IN3O2. The second kappa shape index (κ2) is 3.83. The van der Waals surface area contributed by atoms with Crippen molar-refractivity contribution in [3.8, 4) is 0 Å². The molecule has 0 bridgehead atoms. The van der Waals surface area contributed by atoms with Crippen LogP contribution in [-0.2, 0) is 6.54 Å². The van der Waals surface area contributed by atoms with Gasteiger partial charge in [-0.3, -0.25) is 14.8 Å². The molecule has 0 fully saturated rings. The number of aromatic nitrogens is 2. The van der Waals surface area contributed by atoms with Gasteiger partial charge in [0.25, 0.3) is 0 Å². The van der Waals surface area contributed by atoms with Crippen LogP contribution in [0.2, 0.25) is 0 Å². The van der Waals surface area contributed by atoms with Crippen LogP contribution >= 0.6 is 22.6 Å². The zero-order valence-electron chi connectivity index (χ0n) is 6.53. The van der Waals surface area contributed by atoms with Gasteiger partial charge in [0, 0.05) is 6.54 Å². The molecule has 0 aromatic carbocycles. The molecule has 0 saturated carbocycles. The summed E-state index contributed by atoms with van der Waals surface area (Å²) in [4.78, 5) is 9.97. The van der Waals surface area contributed by atoms with E-state index in [9.17, 15) is 10.1 Å². The van der Waals surface area contributed by atoms with E-state index in [-0.39, 0.29) is 5.69 Å². The summed E-state index contributed by atoms with van der Waals surface area (Å²) in [7, 11) is 0. The molecule has 0 aliphatic heterocycles. The molecule has 0 unspecified atom stereocenters. The predicted octanol–water partition coefficient (Wildman–Crippen LogP) is 1.81. The summed E-state index contributed by atoms with van der Waals surface area (Å²) in [6.45, 7) is 2.73. The highest BCUT2D eigenvalue weighted by Gasteiger charge is 2.15. The van der Waals surface area contributed by atoms with Crippen LogP contribution in [0.15, 0.2) is 6.20 Å². The Morgan fingerprint density at radius 2 is 2.50 bits per heavy atom. The molecule has 0 radical (unpaired) electrons. The van der Waals surface area contributed by atoms with E-state index in [0.717, 1.165) is 13.0 Å². The first-order valence-corrected chi connectivity index (χ1v) is 4.60. The van der Waals surface area contributed by atoms with Gasteiger partial charge >= 0.3 is 5.69 Å². The minimum atomic E-state index is -0.416. The lowest BCUT2D eigenvalue weighted by Crippen LogP contribution is -1.96. The molecule has 66 valence electrons. The number of hydrogen-bond acceptors (Lipinski definition) is 3. The molecular weight excluding hydrogens is 273 g/mol. The topological polar surface area (TPSA) is 61.0 Å². The van der Waals surface area contributed by atoms with E-state index in [2.05, 4.69) is 5.10 Å². The number of nitrogens with zero attached hydrogens (tertiary/aromatic N) is 3. The van der Waals surface area contributed by atoms with E-state index in [0.29, 0.717) is 3.70 Å². The van der Waals surface area contributed by atoms with Crippen molar-refractivity contribution in [2.24, 2.45) is 0 Å². The highest BCUT2D eigenvalue weighted by atomic mass is 127. The van der Waals surface area contributed by atoms with Gasteiger partial charge in [-0.2, -0.15) is 5.10 Å². The van der Waals surface area contributed by atoms with Gasteiger partial charge in [-0.15, -0.1) is 0 Å². The van der Waals surface area contributed by atoms with Gasteiger partial charge in [-0.05, 0) is 29.0 Å². The fourth-order valence-corrected chi connectivity index (χ4v) is 1.47. The zero-order valence-corrected chi connectivity index (χ0v) is 8.69. The molecule has 0 spiro atoms. The van der Waals surface area contributed by atoms with Crippen molar-refractivity contribution in [3.05, 3.63) is 20.0 Å². The number of aryl methyl sites for hydroxylation is 1. The maximum absolute atomic E-state index is 10.4. The third-order valence-electron chi connectivity index (χ3n) is 1.35. The van der Waals surface area contributed by atoms with Crippen LogP contribution in [0.1, 0.15) is 13.3 Å². The molecule has 1 aromatic heterocycles.